The third-order valence-electron chi connectivity index (χ3n) is 9.44. The Hall–Kier alpha value is -2.17. The molecule has 0 spiro atoms. The first-order valence-electron chi connectivity index (χ1n) is 19.2. The van der Waals surface area contributed by atoms with Gasteiger partial charge < -0.3 is 15.2 Å². The highest BCUT2D eigenvalue weighted by Gasteiger charge is 2.31. The lowest BCUT2D eigenvalue weighted by molar-refractivity contribution is -0.125. The molecular weight excluding hydrogens is 566 g/mol. The highest BCUT2D eigenvalue weighted by Crippen LogP contribution is 2.20. The smallest absolute Gasteiger partial charge is 0.220 e. The second-order valence-corrected chi connectivity index (χ2v) is 13.8. The normalized spacial score (nSPS) is 12.7. The van der Waals surface area contributed by atoms with E-state index in [-0.39, 0.29) is 12.5 Å². The van der Waals surface area contributed by atoms with E-state index in [4.69, 9.17) is 4.74 Å². The van der Waals surface area contributed by atoms with Crippen LogP contribution in [0.5, 0.6) is 0 Å². The van der Waals surface area contributed by atoms with Crippen molar-refractivity contribution in [1.82, 2.24) is 5.32 Å². The predicted octanol–water partition coefficient (Wildman–Crippen LogP) is 11.1. The summed E-state index contributed by atoms with van der Waals surface area (Å²) >= 11 is 0. The SMILES string of the molecule is CCCCCCCCCCCCCCCC(=O)NC(CO)(CCc1ccc(CCCCCCCC)cc1)COCc1ccccc1. The fraction of sp³-hybridized carbons (Fsp3) is 0.690. The molecule has 1 atom stereocenters. The summed E-state index contributed by atoms with van der Waals surface area (Å²) in [4.78, 5) is 13.1. The van der Waals surface area contributed by atoms with Crippen LogP contribution in [0.25, 0.3) is 0 Å². The average molecular weight is 636 g/mol. The Bertz CT molecular complexity index is 976. The van der Waals surface area contributed by atoms with E-state index in [2.05, 4.69) is 43.4 Å². The summed E-state index contributed by atoms with van der Waals surface area (Å²) in [6.45, 7) is 5.15. The minimum Gasteiger partial charge on any atom is -0.394 e. The number of amides is 1. The van der Waals surface area contributed by atoms with Crippen LogP contribution >= 0.6 is 0 Å². The molecule has 2 N–H and O–H groups in total. The highest BCUT2D eigenvalue weighted by atomic mass is 16.5. The fourth-order valence-corrected chi connectivity index (χ4v) is 6.30. The summed E-state index contributed by atoms with van der Waals surface area (Å²) in [5, 5.41) is 13.8. The van der Waals surface area contributed by atoms with Gasteiger partial charge in [-0.05, 0) is 48.8 Å². The van der Waals surface area contributed by atoms with Crippen LogP contribution in [0.4, 0.5) is 0 Å². The molecule has 260 valence electrons. The van der Waals surface area contributed by atoms with Gasteiger partial charge in [0, 0.05) is 6.42 Å². The number of nitrogens with one attached hydrogen (secondary N) is 1. The van der Waals surface area contributed by atoms with E-state index in [9.17, 15) is 9.90 Å². The summed E-state index contributed by atoms with van der Waals surface area (Å²) in [6.07, 6.45) is 27.7. The number of aliphatic hydroxyl groups is 1. The Morgan fingerprint density at radius 3 is 1.61 bits per heavy atom. The Balaban J connectivity index is 1.76. The molecule has 2 rings (SSSR count). The first kappa shape index (κ1) is 40.0. The Kier molecular flexibility index (Phi) is 23.4. The number of ether oxygens (including phenoxy) is 1. The number of carbonyl (C=O) groups excluding carboxylic acids is 1. The van der Waals surface area contributed by atoms with E-state index < -0.39 is 5.54 Å². The van der Waals surface area contributed by atoms with Gasteiger partial charge in [-0.2, -0.15) is 0 Å². The van der Waals surface area contributed by atoms with Crippen LogP contribution in [-0.2, 0) is 29.0 Å². The first-order valence-corrected chi connectivity index (χ1v) is 19.2. The minimum atomic E-state index is -0.792. The summed E-state index contributed by atoms with van der Waals surface area (Å²) in [6, 6.07) is 19.0. The van der Waals surface area contributed by atoms with Crippen LogP contribution in [0.3, 0.4) is 0 Å². The summed E-state index contributed by atoms with van der Waals surface area (Å²) in [5.74, 6) is 0.0229. The predicted molar refractivity (Wildman–Crippen MR) is 196 cm³/mol. The molecule has 1 unspecified atom stereocenters. The maximum atomic E-state index is 13.1. The van der Waals surface area contributed by atoms with Crippen molar-refractivity contribution in [3.05, 3.63) is 71.3 Å². The van der Waals surface area contributed by atoms with Gasteiger partial charge in [0.2, 0.25) is 5.91 Å². The molecule has 0 heterocycles. The minimum absolute atomic E-state index is 0.0229. The molecule has 46 heavy (non-hydrogen) atoms. The van der Waals surface area contributed by atoms with Gasteiger partial charge in [-0.3, -0.25) is 4.79 Å². The van der Waals surface area contributed by atoms with E-state index in [1.165, 1.54) is 120 Å². The molecule has 0 aliphatic carbocycles. The molecule has 0 saturated carbocycles. The molecular formula is C42H69NO3. The van der Waals surface area contributed by atoms with Crippen molar-refractivity contribution in [2.45, 2.75) is 174 Å². The summed E-state index contributed by atoms with van der Waals surface area (Å²) in [7, 11) is 0. The second kappa shape index (κ2) is 26.9. The van der Waals surface area contributed by atoms with Crippen LogP contribution in [0, 0.1) is 0 Å². The van der Waals surface area contributed by atoms with Crippen molar-refractivity contribution in [1.29, 1.82) is 0 Å². The maximum absolute atomic E-state index is 13.1. The topological polar surface area (TPSA) is 58.6 Å². The summed E-state index contributed by atoms with van der Waals surface area (Å²) < 4.78 is 6.11. The van der Waals surface area contributed by atoms with Crippen molar-refractivity contribution in [2.75, 3.05) is 13.2 Å². The standard InChI is InChI=1S/C42H69NO3/c1-3-5-7-9-11-12-13-14-15-16-17-19-24-28-41(45)43-42(36-44,37-46-35-40-26-22-20-23-27-40)34-33-39-31-29-38(30-32-39)25-21-18-10-8-6-4-2/h20,22-23,26-27,29-32,44H,3-19,21,24-25,28,33-37H2,1-2H3,(H,43,45). The molecule has 4 heteroatoms. The van der Waals surface area contributed by atoms with Crippen LogP contribution < -0.4 is 5.32 Å². The van der Waals surface area contributed by atoms with Crippen molar-refractivity contribution in [2.24, 2.45) is 0 Å². The molecule has 4 nitrogen and oxygen atoms in total. The van der Waals surface area contributed by atoms with Crippen LogP contribution in [-0.4, -0.2) is 29.8 Å². The molecule has 1 amide bonds. The Morgan fingerprint density at radius 1 is 0.609 bits per heavy atom. The molecule has 0 aromatic heterocycles. The number of hydrogen-bond donors (Lipinski definition) is 2. The Labute approximate surface area is 283 Å². The van der Waals surface area contributed by atoms with E-state index in [1.807, 2.05) is 30.3 Å². The average Bonchev–Trinajstić information content (AvgIpc) is 3.08. The number of aliphatic hydroxyl groups excluding tert-OH is 1. The van der Waals surface area contributed by atoms with Gasteiger partial charge in [-0.15, -0.1) is 0 Å². The third kappa shape index (κ3) is 19.5. The molecule has 0 bridgehead atoms. The van der Waals surface area contributed by atoms with Gasteiger partial charge in [0.05, 0.1) is 25.4 Å². The highest BCUT2D eigenvalue weighted by molar-refractivity contribution is 5.76. The molecule has 2 aromatic carbocycles. The first-order chi connectivity index (χ1) is 22.6. The molecule has 2 aromatic rings. The van der Waals surface area contributed by atoms with E-state index >= 15 is 0 Å². The lowest BCUT2D eigenvalue weighted by Crippen LogP contribution is -2.55. The van der Waals surface area contributed by atoms with Crippen molar-refractivity contribution in [3.63, 3.8) is 0 Å². The van der Waals surface area contributed by atoms with Crippen LogP contribution in [0.2, 0.25) is 0 Å². The number of unbranched alkanes of at least 4 members (excludes halogenated alkanes) is 17. The summed E-state index contributed by atoms with van der Waals surface area (Å²) in [5.41, 5.74) is 2.93. The van der Waals surface area contributed by atoms with Crippen molar-refractivity contribution < 1.29 is 14.6 Å². The van der Waals surface area contributed by atoms with Gasteiger partial charge in [0.1, 0.15) is 0 Å². The zero-order valence-electron chi connectivity index (χ0n) is 29.8. The molecule has 0 aliphatic rings. The monoisotopic (exact) mass is 636 g/mol. The van der Waals surface area contributed by atoms with Crippen LogP contribution in [0.1, 0.15) is 165 Å². The third-order valence-corrected chi connectivity index (χ3v) is 9.44. The van der Waals surface area contributed by atoms with E-state index in [0.717, 1.165) is 31.2 Å². The quantitative estimate of drug-likeness (QED) is 0.0840. The molecule has 0 radical (unpaired) electrons. The number of rotatable bonds is 30. The fourth-order valence-electron chi connectivity index (χ4n) is 6.30. The van der Waals surface area contributed by atoms with Crippen molar-refractivity contribution in [3.8, 4) is 0 Å². The molecule has 0 saturated heterocycles. The largest absolute Gasteiger partial charge is 0.394 e. The van der Waals surface area contributed by atoms with Gasteiger partial charge >= 0.3 is 0 Å². The molecule has 0 fully saturated rings. The molecule has 0 aliphatic heterocycles. The number of hydrogen-bond acceptors (Lipinski definition) is 3. The van der Waals surface area contributed by atoms with Crippen molar-refractivity contribution >= 4 is 5.91 Å². The number of carbonyl (C=O) groups is 1. The second-order valence-electron chi connectivity index (χ2n) is 13.8. The Morgan fingerprint density at radius 2 is 1.09 bits per heavy atom. The van der Waals surface area contributed by atoms with E-state index in [0.29, 0.717) is 26.1 Å². The van der Waals surface area contributed by atoms with Gasteiger partial charge in [-0.1, -0.05) is 178 Å². The van der Waals surface area contributed by atoms with Gasteiger partial charge in [-0.25, -0.2) is 0 Å². The zero-order chi connectivity index (χ0) is 33.0. The lowest BCUT2D eigenvalue weighted by atomic mass is 9.91. The number of benzene rings is 2. The lowest BCUT2D eigenvalue weighted by Gasteiger charge is -2.33. The zero-order valence-corrected chi connectivity index (χ0v) is 29.8. The van der Waals surface area contributed by atoms with E-state index in [1.54, 1.807) is 0 Å². The van der Waals surface area contributed by atoms with Gasteiger partial charge in [0.25, 0.3) is 0 Å². The maximum Gasteiger partial charge on any atom is 0.220 e. The number of aryl methyl sites for hydroxylation is 2. The van der Waals surface area contributed by atoms with Crippen LogP contribution in [0.15, 0.2) is 54.6 Å². The van der Waals surface area contributed by atoms with Gasteiger partial charge in [0.15, 0.2) is 0 Å².